The first-order valence-corrected chi connectivity index (χ1v) is 16.7. The molecule has 2 aliphatic rings. The Hall–Kier alpha value is -5.40. The Morgan fingerprint density at radius 2 is 0.894 bits per heavy atom. The summed E-state index contributed by atoms with van der Waals surface area (Å²) in [6, 6.07) is 56.2. The van der Waals surface area contributed by atoms with Gasteiger partial charge in [0.15, 0.2) is 0 Å². The van der Waals surface area contributed by atoms with Gasteiger partial charge in [0.05, 0.1) is 0 Å². The van der Waals surface area contributed by atoms with Crippen LogP contribution >= 0.6 is 0 Å². The number of hydrogen-bond acceptors (Lipinski definition) is 1. The van der Waals surface area contributed by atoms with E-state index in [0.29, 0.717) is 0 Å². The van der Waals surface area contributed by atoms with Crippen LogP contribution in [0.15, 0.2) is 152 Å². The average molecular weight is 604 g/mol. The summed E-state index contributed by atoms with van der Waals surface area (Å²) in [5.74, 6) is 0. The van der Waals surface area contributed by atoms with E-state index in [1.807, 2.05) is 0 Å². The minimum Gasteiger partial charge on any atom is -0.310 e. The maximum Gasteiger partial charge on any atom is 0.0465 e. The van der Waals surface area contributed by atoms with Crippen molar-refractivity contribution in [2.24, 2.45) is 0 Å². The molecule has 0 unspecified atom stereocenters. The van der Waals surface area contributed by atoms with Crippen molar-refractivity contribution in [3.05, 3.63) is 174 Å². The van der Waals surface area contributed by atoms with Crippen LogP contribution in [0.5, 0.6) is 0 Å². The molecule has 0 atom stereocenters. The predicted octanol–water partition coefficient (Wildman–Crippen LogP) is 12.6. The van der Waals surface area contributed by atoms with Crippen molar-refractivity contribution in [3.8, 4) is 33.4 Å². The van der Waals surface area contributed by atoms with Crippen LogP contribution in [0, 0.1) is 0 Å². The van der Waals surface area contributed by atoms with Crippen molar-refractivity contribution >= 4 is 27.8 Å². The highest BCUT2D eigenvalue weighted by Crippen LogP contribution is 2.52. The Morgan fingerprint density at radius 1 is 0.362 bits per heavy atom. The molecule has 47 heavy (non-hydrogen) atoms. The second kappa shape index (κ2) is 10.0. The highest BCUT2D eigenvalue weighted by Gasteiger charge is 2.37. The fourth-order valence-electron chi connectivity index (χ4n) is 8.37. The molecule has 0 amide bonds. The van der Waals surface area contributed by atoms with Crippen molar-refractivity contribution in [1.29, 1.82) is 0 Å². The van der Waals surface area contributed by atoms with Gasteiger partial charge in [0.25, 0.3) is 0 Å². The molecule has 9 rings (SSSR count). The highest BCUT2D eigenvalue weighted by atomic mass is 15.1. The van der Waals surface area contributed by atoms with E-state index in [9.17, 15) is 0 Å². The minimum absolute atomic E-state index is 0.00573. The van der Waals surface area contributed by atoms with E-state index < -0.39 is 0 Å². The summed E-state index contributed by atoms with van der Waals surface area (Å²) in [7, 11) is 0. The molecule has 0 bridgehead atoms. The zero-order valence-corrected chi connectivity index (χ0v) is 27.4. The summed E-state index contributed by atoms with van der Waals surface area (Å²) in [6.45, 7) is 9.40. The first-order chi connectivity index (χ1) is 22.8. The summed E-state index contributed by atoms with van der Waals surface area (Å²) in [5.41, 5.74) is 16.9. The largest absolute Gasteiger partial charge is 0.310 e. The second-order valence-electron chi connectivity index (χ2n) is 14.2. The van der Waals surface area contributed by atoms with Crippen molar-refractivity contribution < 1.29 is 0 Å². The minimum atomic E-state index is -0.0571. The number of para-hydroxylation sites is 1. The summed E-state index contributed by atoms with van der Waals surface area (Å²) >= 11 is 0. The maximum absolute atomic E-state index is 2.43. The molecule has 0 aromatic heterocycles. The lowest BCUT2D eigenvalue weighted by Gasteiger charge is -2.28. The van der Waals surface area contributed by atoms with Crippen LogP contribution in [0.2, 0.25) is 0 Å². The van der Waals surface area contributed by atoms with Crippen LogP contribution in [0.4, 0.5) is 17.1 Å². The molecule has 0 saturated heterocycles. The number of rotatable bonds is 4. The van der Waals surface area contributed by atoms with Crippen LogP contribution in [0.3, 0.4) is 0 Å². The van der Waals surface area contributed by atoms with Gasteiger partial charge >= 0.3 is 0 Å². The third-order valence-electron chi connectivity index (χ3n) is 10.9. The molecular formula is C46H37N. The van der Waals surface area contributed by atoms with Crippen molar-refractivity contribution in [1.82, 2.24) is 0 Å². The van der Waals surface area contributed by atoms with Crippen LogP contribution in [0.1, 0.15) is 49.9 Å². The highest BCUT2D eigenvalue weighted by molar-refractivity contribution is 6.02. The lowest BCUT2D eigenvalue weighted by atomic mass is 9.81. The molecule has 0 fully saturated rings. The molecule has 7 aromatic rings. The van der Waals surface area contributed by atoms with E-state index in [0.717, 1.165) is 11.4 Å². The summed E-state index contributed by atoms with van der Waals surface area (Å²) in [5, 5.41) is 2.59. The molecule has 0 radical (unpaired) electrons. The third kappa shape index (κ3) is 4.09. The Morgan fingerprint density at radius 3 is 1.60 bits per heavy atom. The molecule has 0 spiro atoms. The first kappa shape index (κ1) is 27.9. The molecule has 1 heteroatoms. The van der Waals surface area contributed by atoms with Gasteiger partial charge in [-0.15, -0.1) is 0 Å². The van der Waals surface area contributed by atoms with Gasteiger partial charge in [-0.05, 0) is 115 Å². The molecule has 7 aromatic carbocycles. The maximum atomic E-state index is 2.43. The fraction of sp³-hybridized carbons (Fsp3) is 0.130. The molecule has 0 heterocycles. The van der Waals surface area contributed by atoms with E-state index >= 15 is 0 Å². The number of anilines is 3. The molecule has 0 saturated carbocycles. The smallest absolute Gasteiger partial charge is 0.0465 e. The molecule has 2 aliphatic carbocycles. The number of benzene rings is 7. The molecular weight excluding hydrogens is 567 g/mol. The Labute approximate surface area is 277 Å². The first-order valence-electron chi connectivity index (χ1n) is 16.7. The van der Waals surface area contributed by atoms with Crippen molar-refractivity contribution in [3.63, 3.8) is 0 Å². The Balaban J connectivity index is 1.15. The van der Waals surface area contributed by atoms with E-state index in [1.165, 1.54) is 72.1 Å². The van der Waals surface area contributed by atoms with Crippen molar-refractivity contribution in [2.45, 2.75) is 38.5 Å². The van der Waals surface area contributed by atoms with E-state index in [1.54, 1.807) is 0 Å². The van der Waals surface area contributed by atoms with E-state index in [2.05, 4.69) is 184 Å². The summed E-state index contributed by atoms with van der Waals surface area (Å²) in [6.07, 6.45) is 0. The van der Waals surface area contributed by atoms with Crippen molar-refractivity contribution in [2.75, 3.05) is 4.90 Å². The zero-order chi connectivity index (χ0) is 31.9. The topological polar surface area (TPSA) is 3.24 Å². The van der Waals surface area contributed by atoms with Crippen LogP contribution in [0.25, 0.3) is 44.2 Å². The van der Waals surface area contributed by atoms with Gasteiger partial charge < -0.3 is 4.90 Å². The second-order valence-corrected chi connectivity index (χ2v) is 14.2. The molecule has 0 N–H and O–H groups in total. The zero-order valence-electron chi connectivity index (χ0n) is 27.4. The lowest BCUT2D eigenvalue weighted by Crippen LogP contribution is -2.16. The van der Waals surface area contributed by atoms with Gasteiger partial charge in [-0.2, -0.15) is 0 Å². The average Bonchev–Trinajstić information content (AvgIpc) is 3.47. The van der Waals surface area contributed by atoms with E-state index in [4.69, 9.17) is 0 Å². The van der Waals surface area contributed by atoms with Gasteiger partial charge in [-0.3, -0.25) is 0 Å². The quantitative estimate of drug-likeness (QED) is 0.193. The van der Waals surface area contributed by atoms with E-state index in [-0.39, 0.29) is 10.8 Å². The predicted molar refractivity (Wildman–Crippen MR) is 199 cm³/mol. The number of nitrogens with zero attached hydrogens (tertiary/aromatic N) is 1. The molecule has 1 nitrogen and oxygen atoms in total. The van der Waals surface area contributed by atoms with Crippen LogP contribution < -0.4 is 4.90 Å². The fourth-order valence-corrected chi connectivity index (χ4v) is 8.37. The van der Waals surface area contributed by atoms with Crippen LogP contribution in [-0.2, 0) is 10.8 Å². The van der Waals surface area contributed by atoms with Gasteiger partial charge in [-0.25, -0.2) is 0 Å². The lowest BCUT2D eigenvalue weighted by molar-refractivity contribution is 0.660. The van der Waals surface area contributed by atoms with Gasteiger partial charge in [0, 0.05) is 27.9 Å². The number of hydrogen-bond donors (Lipinski definition) is 0. The van der Waals surface area contributed by atoms with Gasteiger partial charge in [0.1, 0.15) is 0 Å². The third-order valence-corrected chi connectivity index (χ3v) is 10.9. The SMILES string of the molecule is CC1(C)c2ccccc2-c2ccc(N(c3ccccc3)c3ccc(-c4cccc5cc6c(cc45)-c4ccccc4C6(C)C)cc3)cc21. The molecule has 0 aliphatic heterocycles. The van der Waals surface area contributed by atoms with Gasteiger partial charge in [-0.1, -0.05) is 131 Å². The monoisotopic (exact) mass is 603 g/mol. The van der Waals surface area contributed by atoms with Gasteiger partial charge in [0.2, 0.25) is 0 Å². The summed E-state index contributed by atoms with van der Waals surface area (Å²) in [4.78, 5) is 2.39. The molecule has 226 valence electrons. The summed E-state index contributed by atoms with van der Waals surface area (Å²) < 4.78 is 0. The standard InChI is InChI=1S/C46H37N/c1-45(2)42-20-11-9-17-37(42)40-29-39-31(27-43(40)45)13-12-18-35(39)30-21-23-33(24-22-30)47(32-14-6-5-7-15-32)34-25-26-38-36-16-8-10-19-41(36)46(3,4)44(38)28-34/h5-29H,1-4H3. The van der Waals surface area contributed by atoms with Crippen LogP contribution in [-0.4, -0.2) is 0 Å². The number of fused-ring (bicyclic) bond motifs is 7. The Bertz CT molecular complexity index is 2340. The normalized spacial score (nSPS) is 14.7. The Kier molecular flexibility index (Phi) is 5.96.